The maximum atomic E-state index is 12.8. The van der Waals surface area contributed by atoms with Gasteiger partial charge in [0, 0.05) is 51.7 Å². The number of nitrogens with zero attached hydrogens (tertiary/aromatic N) is 4. The van der Waals surface area contributed by atoms with Gasteiger partial charge in [-0.05, 0) is 24.6 Å². The van der Waals surface area contributed by atoms with Crippen LogP contribution >= 0.6 is 0 Å². The van der Waals surface area contributed by atoms with Crippen LogP contribution in [0.2, 0.25) is 0 Å². The van der Waals surface area contributed by atoms with Gasteiger partial charge in [0.1, 0.15) is 5.69 Å². The minimum absolute atomic E-state index is 0.115. The molecule has 3 rings (SSSR count). The summed E-state index contributed by atoms with van der Waals surface area (Å²) in [5.41, 5.74) is 2.43. The second-order valence-electron chi connectivity index (χ2n) is 6.72. The first kappa shape index (κ1) is 19.7. The molecule has 0 unspecified atom stereocenters. The Morgan fingerprint density at radius 1 is 1.11 bits per heavy atom. The summed E-state index contributed by atoms with van der Waals surface area (Å²) in [6.45, 7) is 5.29. The molecule has 0 N–H and O–H groups in total. The standard InChI is InChI=1S/C21H26N4O3/c1-3-28-21(27)25-13-11-24(12-14-25)18-9-10-22-19(15-18)20(26)23(2)16-17-7-5-4-6-8-17/h4-10,15H,3,11-14,16H2,1-2H3. The van der Waals surface area contributed by atoms with E-state index in [1.807, 2.05) is 42.5 Å². The first-order chi connectivity index (χ1) is 13.6. The number of carbonyl (C=O) groups excluding carboxylic acids is 2. The molecule has 0 radical (unpaired) electrons. The Labute approximate surface area is 165 Å². The van der Waals surface area contributed by atoms with E-state index in [-0.39, 0.29) is 12.0 Å². The Hall–Kier alpha value is -3.09. The highest BCUT2D eigenvalue weighted by Gasteiger charge is 2.23. The van der Waals surface area contributed by atoms with Gasteiger partial charge in [-0.3, -0.25) is 9.78 Å². The molecule has 1 aliphatic heterocycles. The molecule has 1 aromatic heterocycles. The first-order valence-corrected chi connectivity index (χ1v) is 9.50. The van der Waals surface area contributed by atoms with E-state index in [1.165, 1.54) is 0 Å². The lowest BCUT2D eigenvalue weighted by atomic mass is 10.2. The molecule has 28 heavy (non-hydrogen) atoms. The number of hydrogen-bond acceptors (Lipinski definition) is 5. The third kappa shape index (κ3) is 4.79. The molecule has 0 aliphatic carbocycles. The van der Waals surface area contributed by atoms with E-state index in [1.54, 1.807) is 30.0 Å². The number of aromatic nitrogens is 1. The predicted octanol–water partition coefficient (Wildman–Crippen LogP) is 2.63. The molecule has 1 saturated heterocycles. The number of carbonyl (C=O) groups is 2. The average molecular weight is 382 g/mol. The van der Waals surface area contributed by atoms with Crippen LogP contribution in [0, 0.1) is 0 Å². The number of hydrogen-bond donors (Lipinski definition) is 0. The number of piperazine rings is 1. The third-order valence-corrected chi connectivity index (χ3v) is 4.74. The van der Waals surface area contributed by atoms with Crippen molar-refractivity contribution in [3.8, 4) is 0 Å². The Morgan fingerprint density at radius 3 is 2.50 bits per heavy atom. The van der Waals surface area contributed by atoms with Gasteiger partial charge in [-0.1, -0.05) is 30.3 Å². The van der Waals surface area contributed by atoms with Gasteiger partial charge in [-0.15, -0.1) is 0 Å². The highest BCUT2D eigenvalue weighted by molar-refractivity contribution is 5.93. The number of rotatable bonds is 5. The van der Waals surface area contributed by atoms with Crippen molar-refractivity contribution >= 4 is 17.7 Å². The van der Waals surface area contributed by atoms with Crippen LogP contribution in [-0.4, -0.2) is 66.6 Å². The van der Waals surface area contributed by atoms with Crippen molar-refractivity contribution in [2.45, 2.75) is 13.5 Å². The molecule has 2 aromatic rings. The second kappa shape index (κ2) is 9.21. The van der Waals surface area contributed by atoms with Gasteiger partial charge >= 0.3 is 6.09 Å². The zero-order valence-electron chi connectivity index (χ0n) is 16.4. The van der Waals surface area contributed by atoms with E-state index in [2.05, 4.69) is 9.88 Å². The van der Waals surface area contributed by atoms with Crippen LogP contribution in [0.1, 0.15) is 23.0 Å². The van der Waals surface area contributed by atoms with Crippen molar-refractivity contribution < 1.29 is 14.3 Å². The van der Waals surface area contributed by atoms with Crippen molar-refractivity contribution in [3.05, 3.63) is 59.9 Å². The summed E-state index contributed by atoms with van der Waals surface area (Å²) in [6.07, 6.45) is 1.40. The molecule has 2 heterocycles. The SMILES string of the molecule is CCOC(=O)N1CCN(c2ccnc(C(=O)N(C)Cc3ccccc3)c2)CC1. The molecule has 7 heteroatoms. The van der Waals surface area contributed by atoms with Crippen molar-refractivity contribution in [1.29, 1.82) is 0 Å². The number of pyridine rings is 1. The lowest BCUT2D eigenvalue weighted by molar-refractivity contribution is 0.0779. The lowest BCUT2D eigenvalue weighted by Crippen LogP contribution is -2.49. The average Bonchev–Trinajstić information content (AvgIpc) is 2.74. The zero-order valence-corrected chi connectivity index (χ0v) is 16.4. The van der Waals surface area contributed by atoms with Crippen molar-refractivity contribution in [1.82, 2.24) is 14.8 Å². The number of benzene rings is 1. The number of anilines is 1. The second-order valence-corrected chi connectivity index (χ2v) is 6.72. The van der Waals surface area contributed by atoms with Gasteiger partial charge in [-0.2, -0.15) is 0 Å². The van der Waals surface area contributed by atoms with E-state index >= 15 is 0 Å². The Kier molecular flexibility index (Phi) is 6.47. The number of amides is 2. The molecule has 1 fully saturated rings. The molecule has 0 bridgehead atoms. The zero-order chi connectivity index (χ0) is 19.9. The first-order valence-electron chi connectivity index (χ1n) is 9.50. The van der Waals surface area contributed by atoms with E-state index in [9.17, 15) is 9.59 Å². The minimum Gasteiger partial charge on any atom is -0.450 e. The fourth-order valence-electron chi connectivity index (χ4n) is 3.22. The normalized spacial score (nSPS) is 13.9. The van der Waals surface area contributed by atoms with E-state index in [4.69, 9.17) is 4.74 Å². The quantitative estimate of drug-likeness (QED) is 0.795. The molecule has 1 aromatic carbocycles. The summed E-state index contributed by atoms with van der Waals surface area (Å²) in [5.74, 6) is -0.115. The molecule has 7 nitrogen and oxygen atoms in total. The van der Waals surface area contributed by atoms with Gasteiger partial charge < -0.3 is 19.4 Å². The number of ether oxygens (including phenoxy) is 1. The summed E-state index contributed by atoms with van der Waals surface area (Å²) in [7, 11) is 1.78. The minimum atomic E-state index is -0.268. The van der Waals surface area contributed by atoms with Crippen LogP contribution in [0.5, 0.6) is 0 Å². The van der Waals surface area contributed by atoms with Gasteiger partial charge in [0.15, 0.2) is 0 Å². The van der Waals surface area contributed by atoms with E-state index in [0.29, 0.717) is 45.0 Å². The maximum absolute atomic E-state index is 12.8. The molecule has 148 valence electrons. The van der Waals surface area contributed by atoms with Gasteiger partial charge in [0.05, 0.1) is 6.61 Å². The summed E-state index contributed by atoms with van der Waals surface area (Å²) in [4.78, 5) is 34.4. The van der Waals surface area contributed by atoms with Gasteiger partial charge in [0.25, 0.3) is 5.91 Å². The fraction of sp³-hybridized carbons (Fsp3) is 0.381. The lowest BCUT2D eigenvalue weighted by Gasteiger charge is -2.35. The molecule has 2 amide bonds. The summed E-state index contributed by atoms with van der Waals surface area (Å²) >= 11 is 0. The summed E-state index contributed by atoms with van der Waals surface area (Å²) in [5, 5.41) is 0. The Balaban J connectivity index is 1.62. The summed E-state index contributed by atoms with van der Waals surface area (Å²) < 4.78 is 5.06. The van der Waals surface area contributed by atoms with Crippen LogP contribution in [0.4, 0.5) is 10.5 Å². The van der Waals surface area contributed by atoms with E-state index < -0.39 is 0 Å². The highest BCUT2D eigenvalue weighted by atomic mass is 16.6. The van der Waals surface area contributed by atoms with Crippen molar-refractivity contribution in [2.75, 3.05) is 44.7 Å². The van der Waals surface area contributed by atoms with Gasteiger partial charge in [-0.25, -0.2) is 4.79 Å². The molecule has 0 spiro atoms. The Bertz CT molecular complexity index is 804. The predicted molar refractivity (Wildman–Crippen MR) is 107 cm³/mol. The fourth-order valence-corrected chi connectivity index (χ4v) is 3.22. The topological polar surface area (TPSA) is 66.0 Å². The Morgan fingerprint density at radius 2 is 1.82 bits per heavy atom. The molecular formula is C21H26N4O3. The molecule has 1 aliphatic rings. The van der Waals surface area contributed by atoms with Gasteiger partial charge in [0.2, 0.25) is 0 Å². The maximum Gasteiger partial charge on any atom is 0.409 e. The largest absolute Gasteiger partial charge is 0.450 e. The van der Waals surface area contributed by atoms with Crippen LogP contribution in [0.15, 0.2) is 48.7 Å². The van der Waals surface area contributed by atoms with Crippen molar-refractivity contribution in [3.63, 3.8) is 0 Å². The summed E-state index contributed by atoms with van der Waals surface area (Å²) in [6, 6.07) is 13.6. The van der Waals surface area contributed by atoms with Crippen LogP contribution in [-0.2, 0) is 11.3 Å². The molecule has 0 saturated carbocycles. The van der Waals surface area contributed by atoms with Crippen LogP contribution in [0.25, 0.3) is 0 Å². The van der Waals surface area contributed by atoms with Crippen molar-refractivity contribution in [2.24, 2.45) is 0 Å². The molecular weight excluding hydrogens is 356 g/mol. The monoisotopic (exact) mass is 382 g/mol. The van der Waals surface area contributed by atoms with Crippen LogP contribution in [0.3, 0.4) is 0 Å². The third-order valence-electron chi connectivity index (χ3n) is 4.74. The van der Waals surface area contributed by atoms with E-state index in [0.717, 1.165) is 11.3 Å². The molecule has 0 atom stereocenters. The van der Waals surface area contributed by atoms with Crippen LogP contribution < -0.4 is 4.90 Å². The highest BCUT2D eigenvalue weighted by Crippen LogP contribution is 2.18. The smallest absolute Gasteiger partial charge is 0.409 e.